The molecule has 2 rings (SSSR count). The Bertz CT molecular complexity index is 662. The van der Waals surface area contributed by atoms with Gasteiger partial charge in [-0.1, -0.05) is 18.2 Å². The molecule has 0 N–H and O–H groups in total. The summed E-state index contributed by atoms with van der Waals surface area (Å²) in [6.07, 6.45) is 3.23. The number of hydrogen-bond acceptors (Lipinski definition) is 4. The molecule has 5 nitrogen and oxygen atoms in total. The maximum Gasteiger partial charge on any atom is 0.347 e. The van der Waals surface area contributed by atoms with E-state index in [0.29, 0.717) is 12.1 Å². The predicted molar refractivity (Wildman–Crippen MR) is 70.1 cm³/mol. The van der Waals surface area contributed by atoms with Crippen molar-refractivity contribution in [2.75, 3.05) is 7.11 Å². The quantitative estimate of drug-likeness (QED) is 0.780. The van der Waals surface area contributed by atoms with Crippen molar-refractivity contribution in [1.29, 1.82) is 0 Å². The summed E-state index contributed by atoms with van der Waals surface area (Å²) >= 11 is 0. The average Bonchev–Trinajstić information content (AvgIpc) is 2.42. The summed E-state index contributed by atoms with van der Waals surface area (Å²) in [4.78, 5) is 27.1. The smallest absolute Gasteiger partial charge is 0.347 e. The highest BCUT2D eigenvalue weighted by atomic mass is 16.5. The first-order valence-corrected chi connectivity index (χ1v) is 5.81. The van der Waals surface area contributed by atoms with Gasteiger partial charge in [0, 0.05) is 12.4 Å². The fraction of sp³-hybridized carbons (Fsp3) is 0.214. The first kappa shape index (κ1) is 13.0. The molecule has 0 aliphatic heterocycles. The monoisotopic (exact) mass is 258 g/mol. The van der Waals surface area contributed by atoms with Crippen LogP contribution in [0.4, 0.5) is 0 Å². The Balaban J connectivity index is 2.41. The van der Waals surface area contributed by atoms with Gasteiger partial charge >= 0.3 is 11.7 Å². The lowest BCUT2D eigenvalue weighted by Crippen LogP contribution is -2.23. The molecule has 0 radical (unpaired) electrons. The normalized spacial score (nSPS) is 10.2. The SMILES string of the molecule is COC(=O)c1ccccc1Cn1cc(C)cnc1=O. The highest BCUT2D eigenvalue weighted by Crippen LogP contribution is 2.11. The van der Waals surface area contributed by atoms with Crippen molar-refractivity contribution in [3.63, 3.8) is 0 Å². The van der Waals surface area contributed by atoms with Crippen molar-refractivity contribution < 1.29 is 9.53 Å². The minimum Gasteiger partial charge on any atom is -0.465 e. The summed E-state index contributed by atoms with van der Waals surface area (Å²) in [7, 11) is 1.33. The molecular weight excluding hydrogens is 244 g/mol. The molecule has 98 valence electrons. The molecule has 1 aromatic heterocycles. The molecule has 19 heavy (non-hydrogen) atoms. The predicted octanol–water partition coefficient (Wildman–Crippen LogP) is 1.39. The minimum atomic E-state index is -0.413. The van der Waals surface area contributed by atoms with Crippen molar-refractivity contribution >= 4 is 5.97 Å². The molecule has 0 aliphatic rings. The summed E-state index contributed by atoms with van der Waals surface area (Å²) in [5, 5.41) is 0. The largest absolute Gasteiger partial charge is 0.465 e. The molecule has 1 aromatic carbocycles. The average molecular weight is 258 g/mol. The number of ether oxygens (including phenoxy) is 1. The summed E-state index contributed by atoms with van der Waals surface area (Å²) in [6.45, 7) is 2.15. The van der Waals surface area contributed by atoms with E-state index in [4.69, 9.17) is 4.74 Å². The molecule has 0 saturated carbocycles. The van der Waals surface area contributed by atoms with Gasteiger partial charge in [-0.2, -0.15) is 0 Å². The number of nitrogens with zero attached hydrogens (tertiary/aromatic N) is 2. The number of aryl methyl sites for hydroxylation is 1. The van der Waals surface area contributed by atoms with E-state index in [1.54, 1.807) is 24.4 Å². The minimum absolute atomic E-state index is 0.290. The van der Waals surface area contributed by atoms with Crippen molar-refractivity contribution in [3.05, 3.63) is 63.8 Å². The lowest BCUT2D eigenvalue weighted by Gasteiger charge is -2.09. The van der Waals surface area contributed by atoms with Gasteiger partial charge in [0.15, 0.2) is 0 Å². The van der Waals surface area contributed by atoms with Gasteiger partial charge in [-0.25, -0.2) is 14.6 Å². The summed E-state index contributed by atoms with van der Waals surface area (Å²) < 4.78 is 6.20. The van der Waals surface area contributed by atoms with Crippen molar-refractivity contribution in [2.24, 2.45) is 0 Å². The second-order valence-electron chi connectivity index (χ2n) is 4.19. The second-order valence-corrected chi connectivity index (χ2v) is 4.19. The van der Waals surface area contributed by atoms with Crippen molar-refractivity contribution in [1.82, 2.24) is 9.55 Å². The van der Waals surface area contributed by atoms with Crippen LogP contribution in [0.15, 0.2) is 41.5 Å². The summed E-state index contributed by atoms with van der Waals surface area (Å²) in [5.41, 5.74) is 1.72. The Hall–Kier alpha value is -2.43. The van der Waals surface area contributed by atoms with Gasteiger partial charge in [-0.05, 0) is 24.1 Å². The van der Waals surface area contributed by atoms with Gasteiger partial charge in [0.2, 0.25) is 0 Å². The third-order valence-electron chi connectivity index (χ3n) is 2.75. The number of esters is 1. The Labute approximate surface area is 110 Å². The number of carbonyl (C=O) groups excluding carboxylic acids is 1. The lowest BCUT2D eigenvalue weighted by molar-refractivity contribution is 0.0599. The van der Waals surface area contributed by atoms with E-state index in [1.165, 1.54) is 17.9 Å². The van der Waals surface area contributed by atoms with Crippen molar-refractivity contribution in [3.8, 4) is 0 Å². The van der Waals surface area contributed by atoms with Gasteiger partial charge in [0.05, 0.1) is 19.2 Å². The number of methoxy groups -OCH3 is 1. The highest BCUT2D eigenvalue weighted by molar-refractivity contribution is 5.90. The number of hydrogen-bond donors (Lipinski definition) is 0. The molecule has 1 heterocycles. The van der Waals surface area contributed by atoms with E-state index in [-0.39, 0.29) is 5.69 Å². The first-order valence-electron chi connectivity index (χ1n) is 5.81. The van der Waals surface area contributed by atoms with Crippen LogP contribution in [0.2, 0.25) is 0 Å². The first-order chi connectivity index (χ1) is 9.11. The maximum atomic E-state index is 11.7. The fourth-order valence-electron chi connectivity index (χ4n) is 1.83. The van der Waals surface area contributed by atoms with Gasteiger partial charge < -0.3 is 4.74 Å². The molecule has 0 saturated heterocycles. The zero-order chi connectivity index (χ0) is 13.8. The summed E-state index contributed by atoms with van der Waals surface area (Å²) in [6, 6.07) is 7.04. The molecule has 2 aromatic rings. The van der Waals surface area contributed by atoms with E-state index in [1.807, 2.05) is 13.0 Å². The molecule has 0 bridgehead atoms. The van der Waals surface area contributed by atoms with Crippen LogP contribution in [0.3, 0.4) is 0 Å². The van der Waals surface area contributed by atoms with Crippen LogP contribution >= 0.6 is 0 Å². The van der Waals surface area contributed by atoms with E-state index in [0.717, 1.165) is 11.1 Å². The number of aromatic nitrogens is 2. The van der Waals surface area contributed by atoms with Crippen molar-refractivity contribution in [2.45, 2.75) is 13.5 Å². The molecule has 0 unspecified atom stereocenters. The third-order valence-corrected chi connectivity index (χ3v) is 2.75. The Kier molecular flexibility index (Phi) is 3.75. The number of carbonyl (C=O) groups is 1. The zero-order valence-corrected chi connectivity index (χ0v) is 10.8. The van der Waals surface area contributed by atoms with E-state index in [9.17, 15) is 9.59 Å². The fourth-order valence-corrected chi connectivity index (χ4v) is 1.83. The topological polar surface area (TPSA) is 61.2 Å². The van der Waals surface area contributed by atoms with E-state index < -0.39 is 5.97 Å². The molecular formula is C14H14N2O3. The number of rotatable bonds is 3. The van der Waals surface area contributed by atoms with E-state index in [2.05, 4.69) is 4.98 Å². The summed E-state index contributed by atoms with van der Waals surface area (Å²) in [5.74, 6) is -0.413. The van der Waals surface area contributed by atoms with Crippen LogP contribution in [0.1, 0.15) is 21.5 Å². The van der Waals surface area contributed by atoms with Crippen LogP contribution in [0.5, 0.6) is 0 Å². The molecule has 0 spiro atoms. The van der Waals surface area contributed by atoms with Crippen LogP contribution in [0.25, 0.3) is 0 Å². The maximum absolute atomic E-state index is 11.7. The molecule has 0 fully saturated rings. The Morgan fingerprint density at radius 1 is 1.37 bits per heavy atom. The molecule has 0 atom stereocenters. The van der Waals surface area contributed by atoms with Crippen LogP contribution in [0, 0.1) is 6.92 Å². The molecule has 0 amide bonds. The zero-order valence-electron chi connectivity index (χ0n) is 10.8. The Morgan fingerprint density at radius 3 is 2.84 bits per heavy atom. The van der Waals surface area contributed by atoms with Crippen LogP contribution in [-0.2, 0) is 11.3 Å². The molecule has 0 aliphatic carbocycles. The third kappa shape index (κ3) is 2.88. The lowest BCUT2D eigenvalue weighted by atomic mass is 10.1. The van der Waals surface area contributed by atoms with Gasteiger partial charge in [0.1, 0.15) is 0 Å². The standard InChI is InChI=1S/C14H14N2O3/c1-10-7-15-14(18)16(8-10)9-11-5-3-4-6-12(11)13(17)19-2/h3-8H,9H2,1-2H3. The van der Waals surface area contributed by atoms with Gasteiger partial charge in [-0.3, -0.25) is 4.57 Å². The highest BCUT2D eigenvalue weighted by Gasteiger charge is 2.11. The van der Waals surface area contributed by atoms with Crippen LogP contribution < -0.4 is 5.69 Å². The second kappa shape index (κ2) is 5.48. The van der Waals surface area contributed by atoms with E-state index >= 15 is 0 Å². The van der Waals surface area contributed by atoms with Gasteiger partial charge in [0.25, 0.3) is 0 Å². The van der Waals surface area contributed by atoms with Gasteiger partial charge in [-0.15, -0.1) is 0 Å². The number of benzene rings is 1. The Morgan fingerprint density at radius 2 is 2.11 bits per heavy atom. The molecule has 5 heteroatoms. The van der Waals surface area contributed by atoms with Crippen LogP contribution in [-0.4, -0.2) is 22.6 Å².